The van der Waals surface area contributed by atoms with Crippen LogP contribution in [-0.4, -0.2) is 31.6 Å². The molecule has 0 fully saturated rings. The number of fused-ring (bicyclic) bond motifs is 1. The fourth-order valence-electron chi connectivity index (χ4n) is 2.28. The van der Waals surface area contributed by atoms with Gasteiger partial charge in [-0.2, -0.15) is 0 Å². The van der Waals surface area contributed by atoms with E-state index in [1.165, 1.54) is 0 Å². The molecule has 5 heteroatoms. The molecule has 1 aromatic carbocycles. The molecule has 0 saturated carbocycles. The number of ether oxygens (including phenoxy) is 3. The molecule has 0 spiro atoms. The summed E-state index contributed by atoms with van der Waals surface area (Å²) in [5.41, 5.74) is 1.94. The lowest BCUT2D eigenvalue weighted by Crippen LogP contribution is -2.06. The van der Waals surface area contributed by atoms with Crippen molar-refractivity contribution < 1.29 is 19.0 Å². The van der Waals surface area contributed by atoms with Crippen molar-refractivity contribution in [3.8, 4) is 11.5 Å². The monoisotopic (exact) mass is 261 g/mol. The smallest absolute Gasteiger partial charge is 0.231 e. The number of rotatable bonds is 4. The zero-order chi connectivity index (χ0) is 13.2. The summed E-state index contributed by atoms with van der Waals surface area (Å²) in [6.45, 7) is 2.68. The summed E-state index contributed by atoms with van der Waals surface area (Å²) >= 11 is 0. The van der Waals surface area contributed by atoms with E-state index in [-0.39, 0.29) is 6.79 Å². The predicted octanol–water partition coefficient (Wildman–Crippen LogP) is 1.71. The standard InChI is InChI=1S/C14H15NO4/c1-2-3-9-4-10(5-12-13(9)19-8-18-12)14-15-11(6-16)7-17-14/h4-6,11H,2-3,7-8H2,1H3. The Hall–Kier alpha value is -2.04. The molecule has 1 atom stereocenters. The van der Waals surface area contributed by atoms with Gasteiger partial charge >= 0.3 is 0 Å². The molecule has 1 unspecified atom stereocenters. The molecule has 0 bridgehead atoms. The maximum Gasteiger partial charge on any atom is 0.231 e. The second-order valence-corrected chi connectivity index (χ2v) is 4.57. The normalized spacial score (nSPS) is 20.1. The highest BCUT2D eigenvalue weighted by atomic mass is 16.7. The third-order valence-electron chi connectivity index (χ3n) is 3.15. The van der Waals surface area contributed by atoms with Crippen LogP contribution in [0.1, 0.15) is 24.5 Å². The lowest BCUT2D eigenvalue weighted by atomic mass is 10.0. The van der Waals surface area contributed by atoms with Gasteiger partial charge in [0.2, 0.25) is 12.7 Å². The Balaban J connectivity index is 1.99. The van der Waals surface area contributed by atoms with E-state index in [2.05, 4.69) is 11.9 Å². The molecule has 0 saturated heterocycles. The van der Waals surface area contributed by atoms with Crippen LogP contribution in [-0.2, 0) is 16.0 Å². The fourth-order valence-corrected chi connectivity index (χ4v) is 2.28. The molecule has 3 rings (SSSR count). The molecule has 0 radical (unpaired) electrons. The van der Waals surface area contributed by atoms with E-state index in [1.807, 2.05) is 12.1 Å². The van der Waals surface area contributed by atoms with Crippen LogP contribution < -0.4 is 9.47 Å². The van der Waals surface area contributed by atoms with Crippen molar-refractivity contribution in [1.29, 1.82) is 0 Å². The molecule has 1 aromatic rings. The second-order valence-electron chi connectivity index (χ2n) is 4.57. The average molecular weight is 261 g/mol. The maximum atomic E-state index is 10.7. The van der Waals surface area contributed by atoms with Gasteiger partial charge in [0.05, 0.1) is 0 Å². The number of hydrogen-bond acceptors (Lipinski definition) is 5. The first-order valence-electron chi connectivity index (χ1n) is 6.40. The molecule has 5 nitrogen and oxygen atoms in total. The van der Waals surface area contributed by atoms with Gasteiger partial charge in [-0.25, -0.2) is 4.99 Å². The number of hydrogen-bond donors (Lipinski definition) is 0. The minimum absolute atomic E-state index is 0.250. The first kappa shape index (κ1) is 12.0. The van der Waals surface area contributed by atoms with Crippen LogP contribution in [0.3, 0.4) is 0 Å². The molecular formula is C14H15NO4. The number of carbonyl (C=O) groups is 1. The molecule has 0 aliphatic carbocycles. The number of aldehydes is 1. The summed E-state index contributed by atoms with van der Waals surface area (Å²) in [7, 11) is 0. The van der Waals surface area contributed by atoms with E-state index in [0.29, 0.717) is 12.5 Å². The number of benzene rings is 1. The van der Waals surface area contributed by atoms with Crippen LogP contribution in [0.25, 0.3) is 0 Å². The third kappa shape index (κ3) is 2.16. The van der Waals surface area contributed by atoms with Crippen LogP contribution >= 0.6 is 0 Å². The molecule has 2 heterocycles. The lowest BCUT2D eigenvalue weighted by molar-refractivity contribution is -0.109. The first-order chi connectivity index (χ1) is 9.31. The van der Waals surface area contributed by atoms with Crippen LogP contribution in [0.2, 0.25) is 0 Å². The summed E-state index contributed by atoms with van der Waals surface area (Å²) in [4.78, 5) is 14.9. The SMILES string of the molecule is CCCc1cc(C2=NC(C=O)CO2)cc2c1OCO2. The molecule has 2 aliphatic heterocycles. The quantitative estimate of drug-likeness (QED) is 0.774. The van der Waals surface area contributed by atoms with Gasteiger partial charge in [0, 0.05) is 5.56 Å². The van der Waals surface area contributed by atoms with Crippen LogP contribution in [0, 0.1) is 0 Å². The van der Waals surface area contributed by atoms with Crippen molar-refractivity contribution in [2.24, 2.45) is 4.99 Å². The Morgan fingerprint density at radius 3 is 3.00 bits per heavy atom. The van der Waals surface area contributed by atoms with Gasteiger partial charge in [-0.05, 0) is 24.1 Å². The minimum atomic E-state index is -0.393. The van der Waals surface area contributed by atoms with Gasteiger partial charge in [-0.15, -0.1) is 0 Å². The number of aliphatic imine (C=N–C) groups is 1. The van der Waals surface area contributed by atoms with E-state index >= 15 is 0 Å². The van der Waals surface area contributed by atoms with Gasteiger partial charge in [-0.1, -0.05) is 13.3 Å². The number of nitrogens with zero attached hydrogens (tertiary/aromatic N) is 1. The van der Waals surface area contributed by atoms with Gasteiger partial charge < -0.3 is 19.0 Å². The van der Waals surface area contributed by atoms with Gasteiger partial charge in [0.1, 0.15) is 18.9 Å². The van der Waals surface area contributed by atoms with E-state index in [0.717, 1.165) is 41.8 Å². The van der Waals surface area contributed by atoms with Crippen LogP contribution in [0.15, 0.2) is 17.1 Å². The van der Waals surface area contributed by atoms with Crippen LogP contribution in [0.5, 0.6) is 11.5 Å². The van der Waals surface area contributed by atoms with Gasteiger partial charge in [0.15, 0.2) is 11.5 Å². The van der Waals surface area contributed by atoms with Gasteiger partial charge in [0.25, 0.3) is 0 Å². The largest absolute Gasteiger partial charge is 0.475 e. The highest BCUT2D eigenvalue weighted by Gasteiger charge is 2.24. The van der Waals surface area contributed by atoms with Gasteiger partial charge in [-0.3, -0.25) is 0 Å². The van der Waals surface area contributed by atoms with E-state index < -0.39 is 6.04 Å². The lowest BCUT2D eigenvalue weighted by Gasteiger charge is -2.08. The van der Waals surface area contributed by atoms with Crippen molar-refractivity contribution in [3.63, 3.8) is 0 Å². The van der Waals surface area contributed by atoms with E-state index in [9.17, 15) is 4.79 Å². The summed E-state index contributed by atoms with van der Waals surface area (Å²) in [6.07, 6.45) is 2.72. The predicted molar refractivity (Wildman–Crippen MR) is 68.9 cm³/mol. The first-order valence-corrected chi connectivity index (χ1v) is 6.40. The highest BCUT2D eigenvalue weighted by molar-refractivity contribution is 5.97. The second kappa shape index (κ2) is 4.91. The summed E-state index contributed by atoms with van der Waals surface area (Å²) in [5, 5.41) is 0. The molecule has 19 heavy (non-hydrogen) atoms. The highest BCUT2D eigenvalue weighted by Crippen LogP contribution is 2.38. The Labute approximate surface area is 111 Å². The number of carbonyl (C=O) groups excluding carboxylic acids is 1. The molecule has 100 valence electrons. The molecular weight excluding hydrogens is 246 g/mol. The minimum Gasteiger partial charge on any atom is -0.475 e. The summed E-state index contributed by atoms with van der Waals surface area (Å²) in [5.74, 6) is 2.05. The Morgan fingerprint density at radius 2 is 2.26 bits per heavy atom. The van der Waals surface area contributed by atoms with Crippen molar-refractivity contribution in [3.05, 3.63) is 23.3 Å². The van der Waals surface area contributed by atoms with Crippen LogP contribution in [0.4, 0.5) is 0 Å². The molecule has 0 amide bonds. The summed E-state index contributed by atoms with van der Waals surface area (Å²) in [6, 6.07) is 3.46. The van der Waals surface area contributed by atoms with E-state index in [4.69, 9.17) is 14.2 Å². The number of aryl methyl sites for hydroxylation is 1. The fraction of sp³-hybridized carbons (Fsp3) is 0.429. The van der Waals surface area contributed by atoms with Crippen molar-refractivity contribution >= 4 is 12.2 Å². The Kier molecular flexibility index (Phi) is 3.11. The molecule has 0 aromatic heterocycles. The zero-order valence-electron chi connectivity index (χ0n) is 10.7. The summed E-state index contributed by atoms with van der Waals surface area (Å²) < 4.78 is 16.4. The third-order valence-corrected chi connectivity index (χ3v) is 3.15. The molecule has 0 N–H and O–H groups in total. The van der Waals surface area contributed by atoms with E-state index in [1.54, 1.807) is 0 Å². The van der Waals surface area contributed by atoms with Crippen molar-refractivity contribution in [2.45, 2.75) is 25.8 Å². The van der Waals surface area contributed by atoms with Crippen molar-refractivity contribution in [1.82, 2.24) is 0 Å². The Morgan fingerprint density at radius 1 is 1.37 bits per heavy atom. The zero-order valence-corrected chi connectivity index (χ0v) is 10.7. The Bertz CT molecular complexity index is 538. The average Bonchev–Trinajstić information content (AvgIpc) is 3.07. The van der Waals surface area contributed by atoms with Crippen molar-refractivity contribution in [2.75, 3.05) is 13.4 Å². The topological polar surface area (TPSA) is 57.1 Å². The molecule has 2 aliphatic rings. The maximum absolute atomic E-state index is 10.7.